The van der Waals surface area contributed by atoms with E-state index in [2.05, 4.69) is 0 Å². The van der Waals surface area contributed by atoms with Crippen molar-refractivity contribution in [2.24, 2.45) is 5.73 Å². The predicted octanol–water partition coefficient (Wildman–Crippen LogP) is -0.131. The second-order valence-electron chi connectivity index (χ2n) is 3.10. The zero-order chi connectivity index (χ0) is 10.6. The van der Waals surface area contributed by atoms with E-state index in [1.807, 2.05) is 13.8 Å². The van der Waals surface area contributed by atoms with Crippen LogP contribution in [0.5, 0.6) is 0 Å². The number of aliphatic hydroxyl groups excluding tert-OH is 2. The molecule has 13 heavy (non-hydrogen) atoms. The molecule has 0 amide bonds. The molecule has 0 spiro atoms. The van der Waals surface area contributed by atoms with Crippen molar-refractivity contribution in [3.05, 3.63) is 0 Å². The Kier molecular flexibility index (Phi) is 5.48. The maximum absolute atomic E-state index is 9.32. The summed E-state index contributed by atoms with van der Waals surface area (Å²) in [5, 5.41) is 18.6. The number of rotatable bonds is 0. The molecule has 1 saturated heterocycles. The lowest BCUT2D eigenvalue weighted by Gasteiger charge is -2.38. The highest BCUT2D eigenvalue weighted by atomic mass is 16.5. The summed E-state index contributed by atoms with van der Waals surface area (Å²) >= 11 is 0. The van der Waals surface area contributed by atoms with Crippen LogP contribution in [-0.4, -0.2) is 40.7 Å². The summed E-state index contributed by atoms with van der Waals surface area (Å²) in [7, 11) is 0. The second kappa shape index (κ2) is 5.54. The Labute approximate surface area is 79.7 Å². The van der Waals surface area contributed by atoms with Gasteiger partial charge in [0, 0.05) is 0 Å². The van der Waals surface area contributed by atoms with Crippen molar-refractivity contribution >= 4 is 0 Å². The number of hydrogen-bond donors (Lipinski definition) is 3. The molecular formula is C9H21NO3. The Balaban J connectivity index is 0.000000671. The molecule has 1 aliphatic rings. The summed E-state index contributed by atoms with van der Waals surface area (Å²) in [6, 6.07) is -0.589. The van der Waals surface area contributed by atoms with Crippen molar-refractivity contribution in [2.45, 2.75) is 58.2 Å². The van der Waals surface area contributed by atoms with Crippen LogP contribution < -0.4 is 5.73 Å². The normalized spacial score (nSPS) is 45.0. The molecule has 4 N–H and O–H groups in total. The van der Waals surface area contributed by atoms with Gasteiger partial charge in [0.2, 0.25) is 0 Å². The van der Waals surface area contributed by atoms with E-state index in [9.17, 15) is 10.2 Å². The molecule has 1 aliphatic heterocycles. The Bertz CT molecular complexity index is 129. The van der Waals surface area contributed by atoms with Crippen molar-refractivity contribution in [3.63, 3.8) is 0 Å². The fourth-order valence-electron chi connectivity index (χ4n) is 1.33. The predicted molar refractivity (Wildman–Crippen MR) is 51.3 cm³/mol. The summed E-state index contributed by atoms with van der Waals surface area (Å²) in [5.41, 5.74) is 5.52. The zero-order valence-electron chi connectivity index (χ0n) is 8.77. The van der Waals surface area contributed by atoms with Gasteiger partial charge in [-0.3, -0.25) is 0 Å². The van der Waals surface area contributed by atoms with Gasteiger partial charge in [-0.2, -0.15) is 0 Å². The van der Waals surface area contributed by atoms with Crippen molar-refractivity contribution in [3.8, 4) is 0 Å². The molecule has 0 aliphatic carbocycles. The minimum absolute atomic E-state index is 0.289. The van der Waals surface area contributed by atoms with Gasteiger partial charge in [-0.1, -0.05) is 13.8 Å². The molecular weight excluding hydrogens is 170 g/mol. The molecule has 1 heterocycles. The van der Waals surface area contributed by atoms with Crippen LogP contribution in [0.2, 0.25) is 0 Å². The van der Waals surface area contributed by atoms with E-state index in [4.69, 9.17) is 10.5 Å². The van der Waals surface area contributed by atoms with E-state index >= 15 is 0 Å². The Hall–Kier alpha value is -0.160. The van der Waals surface area contributed by atoms with E-state index in [0.29, 0.717) is 0 Å². The quantitative estimate of drug-likeness (QED) is 0.498. The van der Waals surface area contributed by atoms with Crippen molar-refractivity contribution in [1.29, 1.82) is 0 Å². The smallest absolute Gasteiger partial charge is 0.0975 e. The van der Waals surface area contributed by atoms with Crippen LogP contribution in [0.3, 0.4) is 0 Å². The number of aliphatic hydroxyl groups is 2. The first-order valence-corrected chi connectivity index (χ1v) is 4.81. The van der Waals surface area contributed by atoms with Crippen LogP contribution in [0.25, 0.3) is 0 Å². The lowest BCUT2D eigenvalue weighted by atomic mass is 9.95. The third kappa shape index (κ3) is 2.91. The maximum Gasteiger partial charge on any atom is 0.0975 e. The minimum atomic E-state index is -0.763. The Morgan fingerprint density at radius 3 is 1.62 bits per heavy atom. The molecule has 0 aromatic carbocycles. The summed E-state index contributed by atoms with van der Waals surface area (Å²) < 4.78 is 5.20. The van der Waals surface area contributed by atoms with Crippen molar-refractivity contribution in [1.82, 2.24) is 0 Å². The zero-order valence-corrected chi connectivity index (χ0v) is 8.77. The lowest BCUT2D eigenvalue weighted by molar-refractivity contribution is -0.165. The monoisotopic (exact) mass is 191 g/mol. The van der Waals surface area contributed by atoms with Crippen LogP contribution in [0.1, 0.15) is 27.7 Å². The maximum atomic E-state index is 9.32. The lowest BCUT2D eigenvalue weighted by Crippen LogP contribution is -2.59. The van der Waals surface area contributed by atoms with E-state index in [0.717, 1.165) is 0 Å². The van der Waals surface area contributed by atoms with Gasteiger partial charge in [0.25, 0.3) is 0 Å². The average Bonchev–Trinajstić information content (AvgIpc) is 2.15. The second-order valence-corrected chi connectivity index (χ2v) is 3.10. The van der Waals surface area contributed by atoms with Gasteiger partial charge < -0.3 is 20.7 Å². The van der Waals surface area contributed by atoms with Crippen LogP contribution in [-0.2, 0) is 4.74 Å². The fraction of sp³-hybridized carbons (Fsp3) is 1.00. The van der Waals surface area contributed by atoms with Crippen LogP contribution in [0.4, 0.5) is 0 Å². The largest absolute Gasteiger partial charge is 0.389 e. The van der Waals surface area contributed by atoms with Gasteiger partial charge >= 0.3 is 0 Å². The molecule has 4 atom stereocenters. The number of hydrogen-bond acceptors (Lipinski definition) is 4. The summed E-state index contributed by atoms with van der Waals surface area (Å²) in [6.07, 6.45) is -2.10. The average molecular weight is 191 g/mol. The molecule has 1 rings (SSSR count). The minimum Gasteiger partial charge on any atom is -0.389 e. The molecule has 0 bridgehead atoms. The molecule has 0 aromatic heterocycles. The van der Waals surface area contributed by atoms with E-state index < -0.39 is 18.2 Å². The third-order valence-electron chi connectivity index (χ3n) is 2.18. The van der Waals surface area contributed by atoms with Gasteiger partial charge in [-0.15, -0.1) is 0 Å². The highest BCUT2D eigenvalue weighted by molar-refractivity contribution is 4.91. The molecule has 80 valence electrons. The molecule has 0 aromatic rings. The molecule has 0 saturated carbocycles. The van der Waals surface area contributed by atoms with Crippen molar-refractivity contribution < 1.29 is 14.9 Å². The first-order chi connectivity index (χ1) is 6.04. The summed E-state index contributed by atoms with van der Waals surface area (Å²) in [4.78, 5) is 0. The van der Waals surface area contributed by atoms with Crippen molar-refractivity contribution in [2.75, 3.05) is 0 Å². The van der Waals surface area contributed by atoms with Crippen LogP contribution in [0, 0.1) is 0 Å². The highest BCUT2D eigenvalue weighted by Gasteiger charge is 2.38. The molecule has 0 radical (unpaired) electrons. The number of ether oxygens (including phenoxy) is 1. The van der Waals surface area contributed by atoms with Gasteiger partial charge in [0.15, 0.2) is 0 Å². The van der Waals surface area contributed by atoms with E-state index in [1.165, 1.54) is 0 Å². The fourth-order valence-corrected chi connectivity index (χ4v) is 1.33. The topological polar surface area (TPSA) is 75.7 Å². The van der Waals surface area contributed by atoms with E-state index in [-0.39, 0.29) is 12.2 Å². The first-order valence-electron chi connectivity index (χ1n) is 4.81. The first kappa shape index (κ1) is 12.8. The highest BCUT2D eigenvalue weighted by Crippen LogP contribution is 2.18. The van der Waals surface area contributed by atoms with Gasteiger partial charge in [0.05, 0.1) is 30.5 Å². The SMILES string of the molecule is CC.CC1OC(C)C(O)C(N)C1O. The van der Waals surface area contributed by atoms with Gasteiger partial charge in [0.1, 0.15) is 0 Å². The van der Waals surface area contributed by atoms with E-state index in [1.54, 1.807) is 13.8 Å². The Morgan fingerprint density at radius 2 is 1.31 bits per heavy atom. The van der Waals surface area contributed by atoms with Gasteiger partial charge in [-0.25, -0.2) is 0 Å². The van der Waals surface area contributed by atoms with Crippen LogP contribution in [0.15, 0.2) is 0 Å². The molecule has 1 fully saturated rings. The molecule has 4 unspecified atom stereocenters. The molecule has 4 heteroatoms. The number of nitrogens with two attached hydrogens (primary N) is 1. The summed E-state index contributed by atoms with van der Waals surface area (Å²) in [6.45, 7) is 7.49. The summed E-state index contributed by atoms with van der Waals surface area (Å²) in [5.74, 6) is 0. The van der Waals surface area contributed by atoms with Crippen LogP contribution >= 0.6 is 0 Å². The third-order valence-corrected chi connectivity index (χ3v) is 2.18. The molecule has 4 nitrogen and oxygen atoms in total. The van der Waals surface area contributed by atoms with Gasteiger partial charge in [-0.05, 0) is 13.8 Å². The standard InChI is InChI=1S/C7H15NO3.C2H6/c1-3-6(9)5(8)7(10)4(2)11-3;1-2/h3-7,9-10H,8H2,1-2H3;1-2H3. The Morgan fingerprint density at radius 1 is 1.00 bits per heavy atom.